The van der Waals surface area contributed by atoms with E-state index in [1.807, 2.05) is 0 Å². The molecule has 1 N–H and O–H groups in total. The number of hydrogen-bond donors (Lipinski definition) is 1. The van der Waals surface area contributed by atoms with Crippen LogP contribution in [-0.4, -0.2) is 43.7 Å². The van der Waals surface area contributed by atoms with Crippen LogP contribution in [0.25, 0.3) is 0 Å². The van der Waals surface area contributed by atoms with Crippen molar-refractivity contribution in [3.8, 4) is 0 Å². The molecule has 18 heavy (non-hydrogen) atoms. The molecule has 1 heterocycles. The number of rotatable bonds is 4. The van der Waals surface area contributed by atoms with E-state index in [0.717, 1.165) is 18.5 Å². The average Bonchev–Trinajstić information content (AvgIpc) is 3.07. The summed E-state index contributed by atoms with van der Waals surface area (Å²) in [6, 6.07) is -0.743. The second-order valence-corrected chi connectivity index (χ2v) is 4.73. The fourth-order valence-corrected chi connectivity index (χ4v) is 1.98. The van der Waals surface area contributed by atoms with Gasteiger partial charge in [-0.25, -0.2) is 4.79 Å². The summed E-state index contributed by atoms with van der Waals surface area (Å²) in [5.41, 5.74) is 1.24. The van der Waals surface area contributed by atoms with Gasteiger partial charge in [-0.3, -0.25) is 9.48 Å². The maximum absolute atomic E-state index is 12.4. The van der Waals surface area contributed by atoms with Gasteiger partial charge in [0, 0.05) is 18.8 Å². The van der Waals surface area contributed by atoms with E-state index in [9.17, 15) is 9.59 Å². The topological polar surface area (TPSA) is 75.4 Å². The van der Waals surface area contributed by atoms with Crippen molar-refractivity contribution in [3.05, 3.63) is 17.5 Å². The Balaban J connectivity index is 2.29. The van der Waals surface area contributed by atoms with E-state index in [4.69, 9.17) is 5.11 Å². The number of carbonyl (C=O) groups is 2. The van der Waals surface area contributed by atoms with Crippen LogP contribution in [0.4, 0.5) is 0 Å². The number of hydrogen-bond acceptors (Lipinski definition) is 3. The van der Waals surface area contributed by atoms with Crippen LogP contribution < -0.4 is 0 Å². The van der Waals surface area contributed by atoms with Gasteiger partial charge >= 0.3 is 5.97 Å². The maximum Gasteiger partial charge on any atom is 0.326 e. The SMILES string of the molecule is Cc1c(C(=O)N(C2CC2)C(C)C(=O)O)cnn1C. The van der Waals surface area contributed by atoms with Crippen molar-refractivity contribution >= 4 is 11.9 Å². The molecule has 1 fully saturated rings. The molecule has 1 unspecified atom stereocenters. The largest absolute Gasteiger partial charge is 0.480 e. The molecule has 1 aromatic rings. The molecule has 0 bridgehead atoms. The van der Waals surface area contributed by atoms with Crippen LogP contribution in [0.15, 0.2) is 6.20 Å². The van der Waals surface area contributed by atoms with Crippen molar-refractivity contribution in [1.29, 1.82) is 0 Å². The summed E-state index contributed by atoms with van der Waals surface area (Å²) in [6.07, 6.45) is 3.26. The average molecular weight is 251 g/mol. The summed E-state index contributed by atoms with van der Waals surface area (Å²) in [5.74, 6) is -1.21. The van der Waals surface area contributed by atoms with Gasteiger partial charge in [-0.05, 0) is 26.7 Å². The predicted octanol–water partition coefficient (Wildman–Crippen LogP) is 0.806. The van der Waals surface area contributed by atoms with Crippen molar-refractivity contribution in [2.45, 2.75) is 38.8 Å². The first-order valence-electron chi connectivity index (χ1n) is 5.97. The van der Waals surface area contributed by atoms with Crippen LogP contribution in [0.3, 0.4) is 0 Å². The monoisotopic (exact) mass is 251 g/mol. The minimum Gasteiger partial charge on any atom is -0.480 e. The zero-order valence-electron chi connectivity index (χ0n) is 10.8. The number of carboxylic acids is 1. The van der Waals surface area contributed by atoms with Gasteiger partial charge in [-0.2, -0.15) is 5.10 Å². The molecule has 0 spiro atoms. The Bertz CT molecular complexity index is 491. The molecule has 1 saturated carbocycles. The third-order valence-electron chi connectivity index (χ3n) is 3.42. The number of carbonyl (C=O) groups excluding carboxylic acids is 1. The molecule has 0 aliphatic heterocycles. The summed E-state index contributed by atoms with van der Waals surface area (Å²) in [5, 5.41) is 13.1. The minimum absolute atomic E-state index is 0.0585. The summed E-state index contributed by atoms with van der Waals surface area (Å²) < 4.78 is 1.61. The lowest BCUT2D eigenvalue weighted by Crippen LogP contribution is -2.44. The Labute approximate surface area is 105 Å². The van der Waals surface area contributed by atoms with E-state index in [0.29, 0.717) is 5.56 Å². The Morgan fingerprint density at radius 2 is 2.17 bits per heavy atom. The molecule has 2 rings (SSSR count). The van der Waals surface area contributed by atoms with Gasteiger partial charge in [0.2, 0.25) is 0 Å². The summed E-state index contributed by atoms with van der Waals surface area (Å²) in [7, 11) is 1.76. The highest BCUT2D eigenvalue weighted by molar-refractivity contribution is 5.97. The van der Waals surface area contributed by atoms with Gasteiger partial charge < -0.3 is 10.0 Å². The van der Waals surface area contributed by atoms with Crippen molar-refractivity contribution in [2.24, 2.45) is 7.05 Å². The molecular weight excluding hydrogens is 234 g/mol. The number of aryl methyl sites for hydroxylation is 1. The van der Waals surface area contributed by atoms with Crippen molar-refractivity contribution in [3.63, 3.8) is 0 Å². The van der Waals surface area contributed by atoms with Crippen LogP contribution in [0.5, 0.6) is 0 Å². The van der Waals surface area contributed by atoms with E-state index in [-0.39, 0.29) is 11.9 Å². The Kier molecular flexibility index (Phi) is 3.11. The smallest absolute Gasteiger partial charge is 0.326 e. The first-order valence-corrected chi connectivity index (χ1v) is 5.97. The molecule has 0 aromatic carbocycles. The van der Waals surface area contributed by atoms with Gasteiger partial charge in [0.1, 0.15) is 6.04 Å². The number of carboxylic acid groups (broad SMARTS) is 1. The molecule has 98 valence electrons. The normalized spacial score (nSPS) is 16.4. The van der Waals surface area contributed by atoms with Crippen LogP contribution in [0.2, 0.25) is 0 Å². The third kappa shape index (κ3) is 2.10. The molecule has 6 nitrogen and oxygen atoms in total. The van der Waals surface area contributed by atoms with E-state index in [2.05, 4.69) is 5.10 Å². The summed E-state index contributed by atoms with van der Waals surface area (Å²) >= 11 is 0. The van der Waals surface area contributed by atoms with Crippen LogP contribution >= 0.6 is 0 Å². The lowest BCUT2D eigenvalue weighted by Gasteiger charge is -2.26. The zero-order valence-corrected chi connectivity index (χ0v) is 10.8. The number of aromatic nitrogens is 2. The first-order chi connectivity index (χ1) is 8.43. The molecule has 1 aliphatic carbocycles. The highest BCUT2D eigenvalue weighted by Crippen LogP contribution is 2.30. The molecule has 1 amide bonds. The van der Waals surface area contributed by atoms with Crippen molar-refractivity contribution in [1.82, 2.24) is 14.7 Å². The molecule has 1 aromatic heterocycles. The highest BCUT2D eigenvalue weighted by atomic mass is 16.4. The van der Waals surface area contributed by atoms with E-state index >= 15 is 0 Å². The zero-order chi connectivity index (χ0) is 13.4. The van der Waals surface area contributed by atoms with Gasteiger partial charge in [0.05, 0.1) is 11.8 Å². The van der Waals surface area contributed by atoms with Crippen molar-refractivity contribution in [2.75, 3.05) is 0 Å². The molecule has 0 saturated heterocycles. The Morgan fingerprint density at radius 1 is 1.56 bits per heavy atom. The van der Waals surface area contributed by atoms with Gasteiger partial charge in [0.25, 0.3) is 5.91 Å². The lowest BCUT2D eigenvalue weighted by atomic mass is 10.2. The Morgan fingerprint density at radius 3 is 2.56 bits per heavy atom. The van der Waals surface area contributed by atoms with E-state index in [1.165, 1.54) is 11.1 Å². The quantitative estimate of drug-likeness (QED) is 0.859. The molecular formula is C12H17N3O3. The van der Waals surface area contributed by atoms with Gasteiger partial charge in [-0.15, -0.1) is 0 Å². The molecule has 1 atom stereocenters. The molecule has 0 radical (unpaired) electrons. The van der Waals surface area contributed by atoms with E-state index in [1.54, 1.807) is 25.6 Å². The fraction of sp³-hybridized carbons (Fsp3) is 0.583. The lowest BCUT2D eigenvalue weighted by molar-refractivity contribution is -0.141. The molecule has 6 heteroatoms. The standard InChI is InChI=1S/C12H17N3O3/c1-7-10(6-13-14(7)3)11(16)15(9-4-5-9)8(2)12(17)18/h6,8-9H,4-5H2,1-3H3,(H,17,18). The second kappa shape index (κ2) is 4.44. The van der Waals surface area contributed by atoms with Crippen LogP contribution in [0.1, 0.15) is 35.8 Å². The predicted molar refractivity (Wildman–Crippen MR) is 64.2 cm³/mol. The maximum atomic E-state index is 12.4. The number of aliphatic carboxylic acids is 1. The summed E-state index contributed by atoms with van der Waals surface area (Å²) in [4.78, 5) is 25.0. The van der Waals surface area contributed by atoms with Crippen molar-refractivity contribution < 1.29 is 14.7 Å². The minimum atomic E-state index is -0.975. The number of amides is 1. The molecule has 1 aliphatic rings. The number of nitrogens with zero attached hydrogens (tertiary/aromatic N) is 3. The van der Waals surface area contributed by atoms with Gasteiger partial charge in [-0.1, -0.05) is 0 Å². The first kappa shape index (κ1) is 12.6. The van der Waals surface area contributed by atoms with Crippen LogP contribution in [-0.2, 0) is 11.8 Å². The third-order valence-corrected chi connectivity index (χ3v) is 3.42. The highest BCUT2D eigenvalue weighted by Gasteiger charge is 2.39. The fourth-order valence-electron chi connectivity index (χ4n) is 1.98. The Hall–Kier alpha value is -1.85. The van der Waals surface area contributed by atoms with Gasteiger partial charge in [0.15, 0.2) is 0 Å². The second-order valence-electron chi connectivity index (χ2n) is 4.73. The van der Waals surface area contributed by atoms with E-state index < -0.39 is 12.0 Å². The summed E-state index contributed by atoms with van der Waals surface area (Å²) in [6.45, 7) is 3.35. The van der Waals surface area contributed by atoms with Crippen LogP contribution in [0, 0.1) is 6.92 Å².